The van der Waals surface area contributed by atoms with Crippen LogP contribution in [0.5, 0.6) is 0 Å². The number of allylic oxidation sites excluding steroid dienone is 1. The van der Waals surface area contributed by atoms with Gasteiger partial charge in [-0.1, -0.05) is 35.4 Å². The van der Waals surface area contributed by atoms with Gasteiger partial charge in [0.1, 0.15) is 0 Å². The Balaban J connectivity index is 2.09. The summed E-state index contributed by atoms with van der Waals surface area (Å²) in [5, 5.41) is 6.16. The van der Waals surface area contributed by atoms with Gasteiger partial charge in [0, 0.05) is 21.9 Å². The zero-order chi connectivity index (χ0) is 18.1. The molecule has 2 aromatic rings. The summed E-state index contributed by atoms with van der Waals surface area (Å²) in [4.78, 5) is 25.1. The molecule has 0 saturated heterocycles. The van der Waals surface area contributed by atoms with Crippen molar-refractivity contribution in [3.8, 4) is 0 Å². The highest BCUT2D eigenvalue weighted by atomic mass is 35.5. The van der Waals surface area contributed by atoms with Crippen LogP contribution in [0.15, 0.2) is 53.7 Å². The molecule has 2 N–H and O–H groups in total. The molecule has 25 heavy (non-hydrogen) atoms. The lowest BCUT2D eigenvalue weighted by Crippen LogP contribution is -2.45. The van der Waals surface area contributed by atoms with Gasteiger partial charge in [0.25, 0.3) is 0 Å². The molecule has 1 heterocycles. The monoisotopic (exact) mass is 354 g/mol. The summed E-state index contributed by atoms with van der Waals surface area (Å²) in [6.45, 7) is 5.74. The topological polar surface area (TPSA) is 58.2 Å². The largest absolute Gasteiger partial charge is 0.327 e. The van der Waals surface area contributed by atoms with Crippen LogP contribution in [0.2, 0.25) is 5.02 Å². The zero-order valence-corrected chi connectivity index (χ0v) is 15.1. The maximum Gasteiger partial charge on any atom is 0.319 e. The minimum atomic E-state index is -0.488. The van der Waals surface area contributed by atoms with Crippen LogP contribution in [0, 0.1) is 13.8 Å². The third kappa shape index (κ3) is 3.44. The second-order valence-corrected chi connectivity index (χ2v) is 6.70. The van der Waals surface area contributed by atoms with Gasteiger partial charge in [-0.2, -0.15) is 0 Å². The first-order valence-electron chi connectivity index (χ1n) is 8.02. The number of ketones is 1. The van der Waals surface area contributed by atoms with Crippen molar-refractivity contribution in [3.05, 3.63) is 81.0 Å². The molecular formula is C20H19ClN2O2. The normalized spacial score (nSPS) is 17.1. The molecule has 0 radical (unpaired) electrons. The summed E-state index contributed by atoms with van der Waals surface area (Å²) >= 11 is 5.92. The van der Waals surface area contributed by atoms with Crippen molar-refractivity contribution >= 4 is 23.4 Å². The molecule has 5 heteroatoms. The van der Waals surface area contributed by atoms with Crippen LogP contribution in [0.1, 0.15) is 40.0 Å². The highest BCUT2D eigenvalue weighted by Crippen LogP contribution is 2.31. The van der Waals surface area contributed by atoms with E-state index in [1.165, 1.54) is 0 Å². The molecule has 2 amide bonds. The van der Waals surface area contributed by atoms with E-state index < -0.39 is 6.04 Å². The summed E-state index contributed by atoms with van der Waals surface area (Å²) in [7, 11) is 0. The van der Waals surface area contributed by atoms with E-state index in [1.54, 1.807) is 31.2 Å². The van der Waals surface area contributed by atoms with Crippen LogP contribution in [0.3, 0.4) is 0 Å². The second kappa shape index (κ2) is 6.73. The number of halogens is 1. The Bertz CT molecular complexity index is 885. The van der Waals surface area contributed by atoms with Crippen molar-refractivity contribution in [2.24, 2.45) is 0 Å². The number of nitrogens with one attached hydrogen (secondary N) is 2. The summed E-state index contributed by atoms with van der Waals surface area (Å²) in [5.74, 6) is -0.133. The van der Waals surface area contributed by atoms with E-state index in [1.807, 2.05) is 32.0 Å². The quantitative estimate of drug-likeness (QED) is 0.799. The summed E-state index contributed by atoms with van der Waals surface area (Å²) in [6, 6.07) is 12.0. The van der Waals surface area contributed by atoms with Crippen LogP contribution in [-0.2, 0) is 0 Å². The number of Topliss-reactive ketones (excluding diaryl/α,β-unsaturated/α-hetero) is 1. The van der Waals surface area contributed by atoms with Crippen molar-refractivity contribution in [2.45, 2.75) is 26.8 Å². The molecule has 1 atom stereocenters. The number of carbonyl (C=O) groups excluding carboxylic acids is 2. The summed E-state index contributed by atoms with van der Waals surface area (Å²) < 4.78 is 0. The lowest BCUT2D eigenvalue weighted by Gasteiger charge is -2.29. The predicted octanol–water partition coefficient (Wildman–Crippen LogP) is 4.47. The first-order valence-corrected chi connectivity index (χ1v) is 8.40. The standard InChI is InChI=1S/C20H19ClN2O2/c1-11-4-9-16(12(2)10-11)18-17(13(3)22-20(25)23-18)19(24)14-5-7-15(21)8-6-14/h4-10,18H,1-3H3,(H2,22,23,25)/t18-/m1/s1. The van der Waals surface area contributed by atoms with Gasteiger partial charge in [-0.15, -0.1) is 0 Å². The van der Waals surface area contributed by atoms with Crippen LogP contribution < -0.4 is 10.6 Å². The average molecular weight is 355 g/mol. The Hall–Kier alpha value is -2.59. The molecule has 4 nitrogen and oxygen atoms in total. The molecular weight excluding hydrogens is 336 g/mol. The maximum absolute atomic E-state index is 13.1. The lowest BCUT2D eigenvalue weighted by molar-refractivity contribution is 0.102. The summed E-state index contributed by atoms with van der Waals surface area (Å²) in [5.41, 5.74) is 4.71. The van der Waals surface area contributed by atoms with Crippen molar-refractivity contribution in [2.75, 3.05) is 0 Å². The molecule has 3 rings (SSSR count). The minimum Gasteiger partial charge on any atom is -0.327 e. The first-order chi connectivity index (χ1) is 11.9. The second-order valence-electron chi connectivity index (χ2n) is 6.27. The van der Waals surface area contributed by atoms with Gasteiger partial charge in [0.15, 0.2) is 5.78 Å². The van der Waals surface area contributed by atoms with Crippen molar-refractivity contribution in [3.63, 3.8) is 0 Å². The van der Waals surface area contributed by atoms with E-state index in [9.17, 15) is 9.59 Å². The van der Waals surface area contributed by atoms with Gasteiger partial charge in [-0.25, -0.2) is 4.79 Å². The average Bonchev–Trinajstić information content (AvgIpc) is 2.54. The lowest BCUT2D eigenvalue weighted by atomic mass is 9.87. The molecule has 1 aliphatic heterocycles. The van der Waals surface area contributed by atoms with Crippen molar-refractivity contribution < 1.29 is 9.59 Å². The summed E-state index contributed by atoms with van der Waals surface area (Å²) in [6.07, 6.45) is 0. The predicted molar refractivity (Wildman–Crippen MR) is 98.8 cm³/mol. The van der Waals surface area contributed by atoms with Crippen LogP contribution in [-0.4, -0.2) is 11.8 Å². The molecule has 0 aliphatic carbocycles. The van der Waals surface area contributed by atoms with E-state index >= 15 is 0 Å². The van der Waals surface area contributed by atoms with E-state index in [0.717, 1.165) is 16.7 Å². The van der Waals surface area contributed by atoms with E-state index in [-0.39, 0.29) is 11.8 Å². The van der Waals surface area contributed by atoms with E-state index in [0.29, 0.717) is 21.9 Å². The molecule has 0 unspecified atom stereocenters. The smallest absolute Gasteiger partial charge is 0.319 e. The number of amides is 2. The van der Waals surface area contributed by atoms with Crippen molar-refractivity contribution in [1.82, 2.24) is 10.6 Å². The Morgan fingerprint density at radius 2 is 1.72 bits per heavy atom. The van der Waals surface area contributed by atoms with Crippen LogP contribution in [0.25, 0.3) is 0 Å². The van der Waals surface area contributed by atoms with Crippen LogP contribution >= 0.6 is 11.6 Å². The molecule has 1 aliphatic rings. The number of urea groups is 1. The molecule has 128 valence electrons. The number of carbonyl (C=O) groups is 2. The SMILES string of the molecule is CC1=C(C(=O)c2ccc(Cl)cc2)[C@@H](c2ccc(C)cc2C)NC(=O)N1. The van der Waals surface area contributed by atoms with Crippen molar-refractivity contribution in [1.29, 1.82) is 0 Å². The molecule has 0 bridgehead atoms. The molecule has 0 saturated carbocycles. The van der Waals surface area contributed by atoms with Crippen LogP contribution in [0.4, 0.5) is 4.79 Å². The highest BCUT2D eigenvalue weighted by Gasteiger charge is 2.32. The highest BCUT2D eigenvalue weighted by molar-refractivity contribution is 6.30. The third-order valence-electron chi connectivity index (χ3n) is 4.36. The van der Waals surface area contributed by atoms with Gasteiger partial charge < -0.3 is 10.6 Å². The van der Waals surface area contributed by atoms with Gasteiger partial charge in [-0.05, 0) is 56.2 Å². The zero-order valence-electron chi connectivity index (χ0n) is 14.3. The molecule has 0 spiro atoms. The number of rotatable bonds is 3. The fourth-order valence-corrected chi connectivity index (χ4v) is 3.26. The number of hydrogen-bond donors (Lipinski definition) is 2. The van der Waals surface area contributed by atoms with E-state index in [4.69, 9.17) is 11.6 Å². The van der Waals surface area contributed by atoms with E-state index in [2.05, 4.69) is 10.6 Å². The van der Waals surface area contributed by atoms with Gasteiger partial charge in [-0.3, -0.25) is 4.79 Å². The number of aryl methyl sites for hydroxylation is 2. The number of benzene rings is 2. The fraction of sp³-hybridized carbons (Fsp3) is 0.200. The Morgan fingerprint density at radius 3 is 2.36 bits per heavy atom. The molecule has 2 aromatic carbocycles. The maximum atomic E-state index is 13.1. The van der Waals surface area contributed by atoms with Gasteiger partial charge in [0.05, 0.1) is 6.04 Å². The van der Waals surface area contributed by atoms with Gasteiger partial charge >= 0.3 is 6.03 Å². The Labute approximate surface area is 151 Å². The fourth-order valence-electron chi connectivity index (χ4n) is 3.13. The molecule has 0 aromatic heterocycles. The number of hydrogen-bond acceptors (Lipinski definition) is 2. The Kier molecular flexibility index (Phi) is 4.64. The minimum absolute atomic E-state index is 0.133. The third-order valence-corrected chi connectivity index (χ3v) is 4.61. The first kappa shape index (κ1) is 17.2. The Morgan fingerprint density at radius 1 is 1.04 bits per heavy atom. The van der Waals surface area contributed by atoms with Gasteiger partial charge in [0.2, 0.25) is 0 Å². The molecule has 0 fully saturated rings.